The van der Waals surface area contributed by atoms with E-state index >= 15 is 0 Å². The first kappa shape index (κ1) is 12.6. The normalized spacial score (nSPS) is 13.1. The molecule has 0 saturated heterocycles. The summed E-state index contributed by atoms with van der Waals surface area (Å²) in [6.45, 7) is 4.80. The lowest BCUT2D eigenvalue weighted by atomic mass is 10.0. The van der Waals surface area contributed by atoms with Crippen LogP contribution in [0.3, 0.4) is 0 Å². The fraction of sp³-hybridized carbons (Fsp3) is 0.778. The Balaban J connectivity index is 2.47. The molecule has 0 saturated carbocycles. The molecule has 0 spiro atoms. The maximum atomic E-state index is 11.5. The van der Waals surface area contributed by atoms with Gasteiger partial charge in [-0.15, -0.1) is 10.2 Å². The number of likely N-dealkylation sites (N-methyl/N-ethyl adjacent to an activating group) is 1. The minimum atomic E-state index is -0.304. The van der Waals surface area contributed by atoms with Crippen LogP contribution in [0.1, 0.15) is 24.5 Å². The van der Waals surface area contributed by atoms with Crippen molar-refractivity contribution in [2.24, 2.45) is 5.92 Å². The summed E-state index contributed by atoms with van der Waals surface area (Å²) < 4.78 is 0. The molecule has 1 unspecified atom stereocenters. The second kappa shape index (κ2) is 5.55. The molecule has 2 N–H and O–H groups in total. The van der Waals surface area contributed by atoms with Crippen LogP contribution in [0.25, 0.3) is 0 Å². The molecule has 1 heterocycles. The maximum Gasteiger partial charge on any atom is 0.292 e. The van der Waals surface area contributed by atoms with Gasteiger partial charge in [0, 0.05) is 12.6 Å². The summed E-state index contributed by atoms with van der Waals surface area (Å²) in [5.41, 5.74) is 0. The van der Waals surface area contributed by atoms with Gasteiger partial charge in [0.15, 0.2) is 0 Å². The SMILES string of the molecule is CC(C)C(CNC(=O)c1nn[nH]n1)N(C)C. The van der Waals surface area contributed by atoms with Gasteiger partial charge in [-0.1, -0.05) is 13.8 Å². The summed E-state index contributed by atoms with van der Waals surface area (Å²) in [5, 5.41) is 15.6. The van der Waals surface area contributed by atoms with E-state index in [4.69, 9.17) is 0 Å². The minimum Gasteiger partial charge on any atom is -0.348 e. The van der Waals surface area contributed by atoms with E-state index in [1.165, 1.54) is 0 Å². The van der Waals surface area contributed by atoms with Gasteiger partial charge in [-0.25, -0.2) is 0 Å². The number of H-pyrrole nitrogens is 1. The molecule has 1 aromatic rings. The van der Waals surface area contributed by atoms with Crippen LogP contribution in [0.2, 0.25) is 0 Å². The molecule has 1 atom stereocenters. The number of aromatic nitrogens is 4. The van der Waals surface area contributed by atoms with Crippen molar-refractivity contribution < 1.29 is 4.79 Å². The lowest BCUT2D eigenvalue weighted by molar-refractivity contribution is 0.0924. The summed E-state index contributed by atoms with van der Waals surface area (Å²) in [6, 6.07) is 0.288. The Morgan fingerprint density at radius 1 is 1.50 bits per heavy atom. The smallest absolute Gasteiger partial charge is 0.292 e. The van der Waals surface area contributed by atoms with Crippen molar-refractivity contribution in [2.75, 3.05) is 20.6 Å². The summed E-state index contributed by atoms with van der Waals surface area (Å²) in [4.78, 5) is 13.6. The van der Waals surface area contributed by atoms with E-state index in [1.54, 1.807) is 0 Å². The monoisotopic (exact) mass is 226 g/mol. The third kappa shape index (κ3) is 3.27. The van der Waals surface area contributed by atoms with E-state index < -0.39 is 0 Å². The molecular formula is C9H18N6O. The first-order valence-electron chi connectivity index (χ1n) is 5.20. The van der Waals surface area contributed by atoms with Crippen LogP contribution in [0.4, 0.5) is 0 Å². The van der Waals surface area contributed by atoms with Gasteiger partial charge in [-0.3, -0.25) is 4.79 Å². The van der Waals surface area contributed by atoms with Crippen molar-refractivity contribution in [3.05, 3.63) is 5.82 Å². The number of hydrogen-bond acceptors (Lipinski definition) is 5. The average Bonchev–Trinajstić information content (AvgIpc) is 2.69. The van der Waals surface area contributed by atoms with Gasteiger partial charge in [-0.2, -0.15) is 5.21 Å². The zero-order valence-electron chi connectivity index (χ0n) is 10.1. The number of aromatic amines is 1. The molecule has 0 aliphatic carbocycles. The highest BCUT2D eigenvalue weighted by Gasteiger charge is 2.18. The molecule has 1 aromatic heterocycles. The molecule has 0 fully saturated rings. The lowest BCUT2D eigenvalue weighted by Crippen LogP contribution is -2.43. The van der Waals surface area contributed by atoms with Crippen LogP contribution in [0.15, 0.2) is 0 Å². The van der Waals surface area contributed by atoms with Gasteiger partial charge in [0.25, 0.3) is 11.7 Å². The van der Waals surface area contributed by atoms with Gasteiger partial charge >= 0.3 is 0 Å². The Labute approximate surface area is 94.6 Å². The van der Waals surface area contributed by atoms with Crippen molar-refractivity contribution in [3.63, 3.8) is 0 Å². The molecule has 7 heteroatoms. The Morgan fingerprint density at radius 3 is 2.62 bits per heavy atom. The molecule has 1 amide bonds. The first-order chi connectivity index (χ1) is 7.52. The quantitative estimate of drug-likeness (QED) is 0.708. The fourth-order valence-electron chi connectivity index (χ4n) is 1.55. The van der Waals surface area contributed by atoms with Gasteiger partial charge in [0.1, 0.15) is 0 Å². The van der Waals surface area contributed by atoms with Gasteiger partial charge < -0.3 is 10.2 Å². The number of nitrogens with zero attached hydrogens (tertiary/aromatic N) is 4. The topological polar surface area (TPSA) is 86.8 Å². The Morgan fingerprint density at radius 2 is 2.19 bits per heavy atom. The van der Waals surface area contributed by atoms with Crippen molar-refractivity contribution >= 4 is 5.91 Å². The number of amides is 1. The van der Waals surface area contributed by atoms with Crippen LogP contribution in [-0.2, 0) is 0 Å². The molecule has 1 rings (SSSR count). The van der Waals surface area contributed by atoms with E-state index in [-0.39, 0.29) is 17.8 Å². The Bertz CT molecular complexity index is 313. The minimum absolute atomic E-state index is 0.0706. The number of rotatable bonds is 5. The number of carbonyl (C=O) groups is 1. The zero-order chi connectivity index (χ0) is 12.1. The van der Waals surface area contributed by atoms with Gasteiger partial charge in [0.2, 0.25) is 0 Å². The van der Waals surface area contributed by atoms with Crippen molar-refractivity contribution in [3.8, 4) is 0 Å². The third-order valence-electron chi connectivity index (χ3n) is 2.45. The maximum absolute atomic E-state index is 11.5. The molecule has 0 aliphatic heterocycles. The highest BCUT2D eigenvalue weighted by Crippen LogP contribution is 2.05. The van der Waals surface area contributed by atoms with Gasteiger partial charge in [0.05, 0.1) is 0 Å². The molecule has 7 nitrogen and oxygen atoms in total. The molecule has 90 valence electrons. The van der Waals surface area contributed by atoms with E-state index in [2.05, 4.69) is 44.7 Å². The standard InChI is InChI=1S/C9H18N6O/c1-6(2)7(15(3)4)5-10-9(16)8-11-13-14-12-8/h6-7H,5H2,1-4H3,(H,10,16)(H,11,12,13,14). The average molecular weight is 226 g/mol. The van der Waals surface area contributed by atoms with Crippen LogP contribution in [0, 0.1) is 5.92 Å². The van der Waals surface area contributed by atoms with Gasteiger partial charge in [-0.05, 0) is 25.2 Å². The number of tetrazole rings is 1. The second-order valence-corrected chi connectivity index (χ2v) is 4.22. The molecule has 0 bridgehead atoms. The van der Waals surface area contributed by atoms with E-state index in [1.807, 2.05) is 14.1 Å². The largest absolute Gasteiger partial charge is 0.348 e. The summed E-state index contributed by atoms with van der Waals surface area (Å²) in [6.07, 6.45) is 0. The van der Waals surface area contributed by atoms with E-state index in [9.17, 15) is 4.79 Å². The van der Waals surface area contributed by atoms with E-state index in [0.29, 0.717) is 12.5 Å². The zero-order valence-corrected chi connectivity index (χ0v) is 10.1. The Kier molecular flexibility index (Phi) is 4.36. The van der Waals surface area contributed by atoms with Crippen molar-refractivity contribution in [2.45, 2.75) is 19.9 Å². The van der Waals surface area contributed by atoms with Crippen LogP contribution in [-0.4, -0.2) is 58.1 Å². The molecular weight excluding hydrogens is 208 g/mol. The number of nitrogens with one attached hydrogen (secondary N) is 2. The molecule has 16 heavy (non-hydrogen) atoms. The summed E-state index contributed by atoms with van der Waals surface area (Å²) in [5.74, 6) is 0.225. The lowest BCUT2D eigenvalue weighted by Gasteiger charge is -2.27. The van der Waals surface area contributed by atoms with Crippen molar-refractivity contribution in [1.29, 1.82) is 0 Å². The fourth-order valence-corrected chi connectivity index (χ4v) is 1.55. The van der Waals surface area contributed by atoms with Crippen LogP contribution < -0.4 is 5.32 Å². The second-order valence-electron chi connectivity index (χ2n) is 4.22. The molecule has 0 aliphatic rings. The van der Waals surface area contributed by atoms with Crippen LogP contribution >= 0.6 is 0 Å². The van der Waals surface area contributed by atoms with Crippen LogP contribution in [0.5, 0.6) is 0 Å². The third-order valence-corrected chi connectivity index (χ3v) is 2.45. The number of hydrogen-bond donors (Lipinski definition) is 2. The van der Waals surface area contributed by atoms with E-state index in [0.717, 1.165) is 0 Å². The highest BCUT2D eigenvalue weighted by molar-refractivity contribution is 5.90. The summed E-state index contributed by atoms with van der Waals surface area (Å²) >= 11 is 0. The Hall–Kier alpha value is -1.50. The summed E-state index contributed by atoms with van der Waals surface area (Å²) in [7, 11) is 3.98. The predicted octanol–water partition coefficient (Wildman–Crippen LogP) is -0.484. The van der Waals surface area contributed by atoms with Crippen molar-refractivity contribution in [1.82, 2.24) is 30.8 Å². The molecule has 0 aromatic carbocycles. The molecule has 0 radical (unpaired) electrons. The predicted molar refractivity (Wildman–Crippen MR) is 58.8 cm³/mol. The first-order valence-corrected chi connectivity index (χ1v) is 5.20. The number of carbonyl (C=O) groups excluding carboxylic acids is 1. The highest BCUT2D eigenvalue weighted by atomic mass is 16.2.